The summed E-state index contributed by atoms with van der Waals surface area (Å²) in [4.78, 5) is 15.4. The van der Waals surface area contributed by atoms with Gasteiger partial charge in [0.1, 0.15) is 0 Å². The lowest BCUT2D eigenvalue weighted by molar-refractivity contribution is 0.254. The molecule has 2 aromatic rings. The normalized spacial score (nSPS) is 9.41. The lowest BCUT2D eigenvalue weighted by Crippen LogP contribution is -2.33. The number of carbonyl (C=O) groups is 1. The maximum absolute atomic E-state index is 11.5. The van der Waals surface area contributed by atoms with E-state index < -0.39 is 0 Å². The summed E-state index contributed by atoms with van der Waals surface area (Å²) in [6.07, 6.45) is 3.22. The van der Waals surface area contributed by atoms with Crippen molar-refractivity contribution in [3.63, 3.8) is 0 Å². The zero-order valence-corrected chi connectivity index (χ0v) is 9.05. The minimum Gasteiger partial charge on any atom is -0.305 e. The Labute approximate surface area is 98.9 Å². The van der Waals surface area contributed by atoms with Gasteiger partial charge in [-0.15, -0.1) is 0 Å². The fourth-order valence-corrected chi connectivity index (χ4v) is 1.25. The number of urea groups is 1. The SMILES string of the molecule is O=C(NNc1ccccc1)Nc1cccnc1. The first-order chi connectivity index (χ1) is 8.34. The fourth-order valence-electron chi connectivity index (χ4n) is 1.25. The average molecular weight is 228 g/mol. The smallest absolute Gasteiger partial charge is 0.305 e. The molecule has 86 valence electrons. The van der Waals surface area contributed by atoms with Crippen LogP contribution in [0.2, 0.25) is 0 Å². The molecule has 0 atom stereocenters. The van der Waals surface area contributed by atoms with E-state index >= 15 is 0 Å². The molecule has 0 fully saturated rings. The predicted octanol–water partition coefficient (Wildman–Crippen LogP) is 2.23. The third-order valence-electron chi connectivity index (χ3n) is 2.01. The van der Waals surface area contributed by atoms with Gasteiger partial charge < -0.3 is 5.32 Å². The van der Waals surface area contributed by atoms with Crippen molar-refractivity contribution in [2.24, 2.45) is 0 Å². The summed E-state index contributed by atoms with van der Waals surface area (Å²) in [5, 5.41) is 2.64. The molecule has 1 heterocycles. The highest BCUT2D eigenvalue weighted by molar-refractivity contribution is 5.89. The first-order valence-electron chi connectivity index (χ1n) is 5.13. The van der Waals surface area contributed by atoms with Crippen LogP contribution in [-0.2, 0) is 0 Å². The second kappa shape index (κ2) is 5.50. The Kier molecular flexibility index (Phi) is 3.54. The van der Waals surface area contributed by atoms with Gasteiger partial charge in [0.2, 0.25) is 0 Å². The van der Waals surface area contributed by atoms with Gasteiger partial charge in [0.15, 0.2) is 0 Å². The molecule has 2 amide bonds. The Morgan fingerprint density at radius 3 is 2.47 bits per heavy atom. The molecule has 17 heavy (non-hydrogen) atoms. The van der Waals surface area contributed by atoms with E-state index in [1.54, 1.807) is 24.5 Å². The van der Waals surface area contributed by atoms with Gasteiger partial charge in [0, 0.05) is 6.20 Å². The maximum Gasteiger partial charge on any atom is 0.337 e. The van der Waals surface area contributed by atoms with Crippen molar-refractivity contribution in [1.82, 2.24) is 10.4 Å². The molecule has 5 nitrogen and oxygen atoms in total. The van der Waals surface area contributed by atoms with Crippen LogP contribution in [0.25, 0.3) is 0 Å². The van der Waals surface area contributed by atoms with Gasteiger partial charge in [-0.2, -0.15) is 0 Å². The highest BCUT2D eigenvalue weighted by Gasteiger charge is 1.99. The second-order valence-corrected chi connectivity index (χ2v) is 3.31. The molecule has 3 N–H and O–H groups in total. The Morgan fingerprint density at radius 1 is 1.00 bits per heavy atom. The number of hydrazine groups is 1. The Hall–Kier alpha value is -2.56. The Morgan fingerprint density at radius 2 is 1.76 bits per heavy atom. The quantitative estimate of drug-likeness (QED) is 0.706. The van der Waals surface area contributed by atoms with Crippen molar-refractivity contribution in [3.05, 3.63) is 54.9 Å². The number of nitrogens with zero attached hydrogens (tertiary/aromatic N) is 1. The standard InChI is InChI=1S/C12H12N4O/c17-12(14-11-7-4-8-13-9-11)16-15-10-5-2-1-3-6-10/h1-9,15H,(H2,14,16,17). The monoisotopic (exact) mass is 228 g/mol. The van der Waals surface area contributed by atoms with Crippen LogP contribution in [0.5, 0.6) is 0 Å². The van der Waals surface area contributed by atoms with Crippen LogP contribution in [0.1, 0.15) is 0 Å². The summed E-state index contributed by atoms with van der Waals surface area (Å²) in [7, 11) is 0. The average Bonchev–Trinajstić information content (AvgIpc) is 2.39. The van der Waals surface area contributed by atoms with Crippen molar-refractivity contribution in [2.75, 3.05) is 10.7 Å². The summed E-state index contributed by atoms with van der Waals surface area (Å²) in [6.45, 7) is 0. The number of nitrogens with one attached hydrogen (secondary N) is 3. The lowest BCUT2D eigenvalue weighted by atomic mass is 10.3. The van der Waals surface area contributed by atoms with Crippen molar-refractivity contribution in [1.29, 1.82) is 0 Å². The number of carbonyl (C=O) groups excluding carboxylic acids is 1. The van der Waals surface area contributed by atoms with Gasteiger partial charge in [0.25, 0.3) is 0 Å². The van der Waals surface area contributed by atoms with Crippen molar-refractivity contribution < 1.29 is 4.79 Å². The Balaban J connectivity index is 1.83. The highest BCUT2D eigenvalue weighted by atomic mass is 16.2. The number of para-hydroxylation sites is 1. The number of hydrogen-bond donors (Lipinski definition) is 3. The van der Waals surface area contributed by atoms with Crippen LogP contribution in [0.3, 0.4) is 0 Å². The third kappa shape index (κ3) is 3.49. The number of rotatable bonds is 3. The summed E-state index contributed by atoms with van der Waals surface area (Å²) in [6, 6.07) is 12.5. The first-order valence-corrected chi connectivity index (χ1v) is 5.13. The number of aromatic nitrogens is 1. The summed E-state index contributed by atoms with van der Waals surface area (Å²) in [5.74, 6) is 0. The molecule has 0 saturated heterocycles. The molecule has 0 aliphatic heterocycles. The number of benzene rings is 1. The summed E-state index contributed by atoms with van der Waals surface area (Å²) >= 11 is 0. The fraction of sp³-hybridized carbons (Fsp3) is 0. The van der Waals surface area contributed by atoms with E-state index in [4.69, 9.17) is 0 Å². The van der Waals surface area contributed by atoms with E-state index in [0.29, 0.717) is 5.69 Å². The van der Waals surface area contributed by atoms with Crippen LogP contribution in [0.4, 0.5) is 16.2 Å². The van der Waals surface area contributed by atoms with E-state index in [1.165, 1.54) is 0 Å². The molecule has 0 spiro atoms. The van der Waals surface area contributed by atoms with Crippen LogP contribution in [-0.4, -0.2) is 11.0 Å². The van der Waals surface area contributed by atoms with Gasteiger partial charge in [-0.3, -0.25) is 15.8 Å². The molecule has 1 aromatic heterocycles. The molecular formula is C12H12N4O. The van der Waals surface area contributed by atoms with Gasteiger partial charge in [-0.05, 0) is 24.3 Å². The zero-order chi connectivity index (χ0) is 11.9. The van der Waals surface area contributed by atoms with E-state index in [-0.39, 0.29) is 6.03 Å². The van der Waals surface area contributed by atoms with Crippen LogP contribution < -0.4 is 16.2 Å². The maximum atomic E-state index is 11.5. The van der Waals surface area contributed by atoms with E-state index in [1.807, 2.05) is 30.3 Å². The van der Waals surface area contributed by atoms with E-state index in [9.17, 15) is 4.79 Å². The molecule has 0 aliphatic rings. The van der Waals surface area contributed by atoms with Gasteiger partial charge in [0.05, 0.1) is 17.6 Å². The van der Waals surface area contributed by atoms with Crippen molar-refractivity contribution in [3.8, 4) is 0 Å². The molecule has 2 rings (SSSR count). The molecule has 0 unspecified atom stereocenters. The molecule has 1 aromatic carbocycles. The number of pyridine rings is 1. The largest absolute Gasteiger partial charge is 0.337 e. The number of hydrogen-bond acceptors (Lipinski definition) is 3. The van der Waals surface area contributed by atoms with Crippen molar-refractivity contribution in [2.45, 2.75) is 0 Å². The number of anilines is 2. The molecular weight excluding hydrogens is 216 g/mol. The molecule has 0 bridgehead atoms. The third-order valence-corrected chi connectivity index (χ3v) is 2.01. The molecule has 5 heteroatoms. The van der Waals surface area contributed by atoms with Crippen LogP contribution >= 0.6 is 0 Å². The van der Waals surface area contributed by atoms with E-state index in [0.717, 1.165) is 5.69 Å². The van der Waals surface area contributed by atoms with Crippen molar-refractivity contribution >= 4 is 17.4 Å². The topological polar surface area (TPSA) is 66.1 Å². The summed E-state index contributed by atoms with van der Waals surface area (Å²) < 4.78 is 0. The van der Waals surface area contributed by atoms with Gasteiger partial charge in [-0.1, -0.05) is 18.2 Å². The van der Waals surface area contributed by atoms with Gasteiger partial charge in [-0.25, -0.2) is 4.79 Å². The predicted molar refractivity (Wildman–Crippen MR) is 66.5 cm³/mol. The number of amides is 2. The molecule has 0 aliphatic carbocycles. The Bertz CT molecular complexity index is 472. The van der Waals surface area contributed by atoms with Gasteiger partial charge >= 0.3 is 6.03 Å². The van der Waals surface area contributed by atoms with Crippen LogP contribution in [0.15, 0.2) is 54.9 Å². The molecule has 0 saturated carbocycles. The molecule has 0 radical (unpaired) electrons. The second-order valence-electron chi connectivity index (χ2n) is 3.31. The van der Waals surface area contributed by atoms with E-state index in [2.05, 4.69) is 21.2 Å². The first kappa shape index (κ1) is 10.9. The highest BCUT2D eigenvalue weighted by Crippen LogP contribution is 2.04. The summed E-state index contributed by atoms with van der Waals surface area (Å²) in [5.41, 5.74) is 6.75. The zero-order valence-electron chi connectivity index (χ0n) is 9.05. The minimum atomic E-state index is -0.346. The van der Waals surface area contributed by atoms with Crippen LogP contribution in [0, 0.1) is 0 Å². The minimum absolute atomic E-state index is 0.346. The lowest BCUT2D eigenvalue weighted by Gasteiger charge is -2.09.